The molecular formula is C15H20F2N2O2. The van der Waals surface area contributed by atoms with Crippen molar-refractivity contribution in [3.05, 3.63) is 29.8 Å². The molecule has 0 heterocycles. The molecule has 116 valence electrons. The van der Waals surface area contributed by atoms with Crippen molar-refractivity contribution in [2.75, 3.05) is 6.54 Å². The van der Waals surface area contributed by atoms with Crippen LogP contribution in [-0.4, -0.2) is 25.1 Å². The highest BCUT2D eigenvalue weighted by atomic mass is 19.3. The Kier molecular flexibility index (Phi) is 5.92. The Morgan fingerprint density at radius 3 is 2.62 bits per heavy atom. The van der Waals surface area contributed by atoms with Gasteiger partial charge in [0.15, 0.2) is 0 Å². The molecular weight excluding hydrogens is 278 g/mol. The third kappa shape index (κ3) is 6.53. The van der Waals surface area contributed by atoms with Crippen molar-refractivity contribution in [2.45, 2.75) is 44.9 Å². The smallest absolute Gasteiger partial charge is 0.387 e. The van der Waals surface area contributed by atoms with Gasteiger partial charge in [-0.2, -0.15) is 8.78 Å². The van der Waals surface area contributed by atoms with Gasteiger partial charge in [-0.1, -0.05) is 12.1 Å². The molecule has 21 heavy (non-hydrogen) atoms. The Labute approximate surface area is 122 Å². The lowest BCUT2D eigenvalue weighted by atomic mass is 10.2. The summed E-state index contributed by atoms with van der Waals surface area (Å²) in [7, 11) is 0. The van der Waals surface area contributed by atoms with E-state index in [-0.39, 0.29) is 11.7 Å². The second-order valence-electron chi connectivity index (χ2n) is 5.14. The van der Waals surface area contributed by atoms with Gasteiger partial charge in [0, 0.05) is 19.0 Å². The highest BCUT2D eigenvalue weighted by Gasteiger charge is 2.22. The van der Waals surface area contributed by atoms with E-state index in [2.05, 4.69) is 15.4 Å². The van der Waals surface area contributed by atoms with E-state index in [1.807, 2.05) is 0 Å². The van der Waals surface area contributed by atoms with Crippen molar-refractivity contribution in [3.63, 3.8) is 0 Å². The van der Waals surface area contributed by atoms with Crippen molar-refractivity contribution < 1.29 is 18.3 Å². The summed E-state index contributed by atoms with van der Waals surface area (Å²) in [6.07, 6.45) is 3.53. The molecule has 1 saturated carbocycles. The molecule has 1 aliphatic carbocycles. The maximum Gasteiger partial charge on any atom is 0.387 e. The van der Waals surface area contributed by atoms with Gasteiger partial charge < -0.3 is 15.4 Å². The van der Waals surface area contributed by atoms with Crippen molar-refractivity contribution in [1.82, 2.24) is 10.6 Å². The van der Waals surface area contributed by atoms with Crippen LogP contribution in [0.3, 0.4) is 0 Å². The third-order valence-electron chi connectivity index (χ3n) is 3.18. The molecule has 1 aromatic rings. The van der Waals surface area contributed by atoms with E-state index >= 15 is 0 Å². The summed E-state index contributed by atoms with van der Waals surface area (Å²) >= 11 is 0. The fraction of sp³-hybridized carbons (Fsp3) is 0.533. The Bertz CT molecular complexity index is 447. The minimum atomic E-state index is -2.80. The number of carbonyl (C=O) groups excluding carboxylic acids is 1. The fourth-order valence-corrected chi connectivity index (χ4v) is 1.92. The molecule has 0 unspecified atom stereocenters. The van der Waals surface area contributed by atoms with Crippen LogP contribution in [0.25, 0.3) is 0 Å². The van der Waals surface area contributed by atoms with Crippen molar-refractivity contribution in [3.8, 4) is 5.75 Å². The van der Waals surface area contributed by atoms with Crippen LogP contribution in [0, 0.1) is 0 Å². The van der Waals surface area contributed by atoms with E-state index in [0.717, 1.165) is 31.4 Å². The van der Waals surface area contributed by atoms with Crippen LogP contribution in [-0.2, 0) is 11.3 Å². The molecule has 1 amide bonds. The maximum atomic E-state index is 12.0. The first kappa shape index (κ1) is 15.7. The van der Waals surface area contributed by atoms with Gasteiger partial charge >= 0.3 is 6.61 Å². The molecule has 0 aromatic heterocycles. The van der Waals surface area contributed by atoms with Gasteiger partial charge in [0.2, 0.25) is 5.91 Å². The number of nitrogens with one attached hydrogen (secondary N) is 2. The number of hydrogen-bond acceptors (Lipinski definition) is 3. The predicted molar refractivity (Wildman–Crippen MR) is 75.2 cm³/mol. The number of halogens is 2. The van der Waals surface area contributed by atoms with Crippen molar-refractivity contribution in [1.29, 1.82) is 0 Å². The van der Waals surface area contributed by atoms with Crippen molar-refractivity contribution >= 4 is 5.91 Å². The Morgan fingerprint density at radius 1 is 1.29 bits per heavy atom. The maximum absolute atomic E-state index is 12.0. The number of hydrogen-bond donors (Lipinski definition) is 2. The summed E-state index contributed by atoms with van der Waals surface area (Å²) in [6.45, 7) is -1.41. The molecule has 0 saturated heterocycles. The van der Waals surface area contributed by atoms with Gasteiger partial charge in [-0.3, -0.25) is 4.79 Å². The van der Waals surface area contributed by atoms with Crippen LogP contribution in [0.15, 0.2) is 24.3 Å². The minimum Gasteiger partial charge on any atom is -0.435 e. The van der Waals surface area contributed by atoms with E-state index in [1.54, 1.807) is 12.1 Å². The molecule has 2 N–H and O–H groups in total. The number of amides is 1. The normalized spacial score (nSPS) is 14.2. The molecule has 1 aliphatic rings. The zero-order chi connectivity index (χ0) is 15.1. The zero-order valence-electron chi connectivity index (χ0n) is 11.8. The van der Waals surface area contributed by atoms with Gasteiger partial charge in [0.1, 0.15) is 5.75 Å². The first-order chi connectivity index (χ1) is 10.1. The number of alkyl halides is 2. The summed E-state index contributed by atoms with van der Waals surface area (Å²) in [5, 5.41) is 6.16. The van der Waals surface area contributed by atoms with E-state index in [1.165, 1.54) is 12.1 Å². The summed E-state index contributed by atoms with van der Waals surface area (Å²) in [6, 6.07) is 6.94. The molecule has 0 radical (unpaired) electrons. The largest absolute Gasteiger partial charge is 0.435 e. The zero-order valence-corrected chi connectivity index (χ0v) is 11.8. The predicted octanol–water partition coefficient (Wildman–Crippen LogP) is 2.44. The average Bonchev–Trinajstić information content (AvgIpc) is 3.23. The molecule has 1 fully saturated rings. The molecule has 0 aliphatic heterocycles. The third-order valence-corrected chi connectivity index (χ3v) is 3.18. The van der Waals surface area contributed by atoms with Gasteiger partial charge in [-0.05, 0) is 43.5 Å². The fourth-order valence-electron chi connectivity index (χ4n) is 1.92. The van der Waals surface area contributed by atoms with Gasteiger partial charge in [-0.15, -0.1) is 0 Å². The van der Waals surface area contributed by atoms with Crippen LogP contribution in [0.5, 0.6) is 5.75 Å². The van der Waals surface area contributed by atoms with E-state index in [9.17, 15) is 13.6 Å². The van der Waals surface area contributed by atoms with Crippen LogP contribution >= 0.6 is 0 Å². The van der Waals surface area contributed by atoms with E-state index in [0.29, 0.717) is 19.0 Å². The van der Waals surface area contributed by atoms with Crippen LogP contribution in [0.4, 0.5) is 8.78 Å². The Morgan fingerprint density at radius 2 is 2.00 bits per heavy atom. The second-order valence-corrected chi connectivity index (χ2v) is 5.14. The number of benzene rings is 1. The van der Waals surface area contributed by atoms with E-state index in [4.69, 9.17) is 0 Å². The van der Waals surface area contributed by atoms with Gasteiger partial charge in [0.25, 0.3) is 0 Å². The van der Waals surface area contributed by atoms with Crippen molar-refractivity contribution in [2.24, 2.45) is 0 Å². The molecule has 2 rings (SSSR count). The summed E-state index contributed by atoms with van der Waals surface area (Å²) in [5.74, 6) is 0.276. The van der Waals surface area contributed by atoms with Gasteiger partial charge in [0.05, 0.1) is 0 Å². The number of rotatable bonds is 9. The highest BCUT2D eigenvalue weighted by molar-refractivity contribution is 5.76. The van der Waals surface area contributed by atoms with E-state index < -0.39 is 6.61 Å². The second kappa shape index (κ2) is 7.93. The average molecular weight is 298 g/mol. The summed E-state index contributed by atoms with van der Waals surface area (Å²) in [4.78, 5) is 11.4. The van der Waals surface area contributed by atoms with Crippen LogP contribution in [0.2, 0.25) is 0 Å². The van der Waals surface area contributed by atoms with Crippen LogP contribution < -0.4 is 15.4 Å². The number of ether oxygens (including phenoxy) is 1. The first-order valence-electron chi connectivity index (χ1n) is 7.17. The molecule has 0 spiro atoms. The van der Waals surface area contributed by atoms with Gasteiger partial charge in [-0.25, -0.2) is 0 Å². The molecule has 4 nitrogen and oxygen atoms in total. The molecule has 0 bridgehead atoms. The highest BCUT2D eigenvalue weighted by Crippen LogP contribution is 2.18. The lowest BCUT2D eigenvalue weighted by Gasteiger charge is -2.07. The Balaban J connectivity index is 1.56. The Hall–Kier alpha value is -1.69. The molecule has 6 heteroatoms. The lowest BCUT2D eigenvalue weighted by molar-refractivity contribution is -0.121. The summed E-state index contributed by atoms with van der Waals surface area (Å²) in [5.41, 5.74) is 0.985. The topological polar surface area (TPSA) is 50.4 Å². The molecule has 1 aromatic carbocycles. The SMILES string of the molecule is O=C(CCCNCc1ccc(OC(F)F)cc1)NC1CC1. The summed E-state index contributed by atoms with van der Waals surface area (Å²) < 4.78 is 28.3. The quantitative estimate of drug-likeness (QED) is 0.689. The monoisotopic (exact) mass is 298 g/mol. The number of carbonyl (C=O) groups is 1. The minimum absolute atomic E-state index is 0.118. The molecule has 0 atom stereocenters. The van der Waals surface area contributed by atoms with Crippen LogP contribution in [0.1, 0.15) is 31.2 Å². The first-order valence-corrected chi connectivity index (χ1v) is 7.17. The lowest BCUT2D eigenvalue weighted by Crippen LogP contribution is -2.26. The standard InChI is InChI=1S/C15H20F2N2O2/c16-15(17)21-13-7-3-11(4-8-13)10-18-9-1-2-14(20)19-12-5-6-12/h3-4,7-8,12,15,18H,1-2,5-6,9-10H2,(H,19,20).